The van der Waals surface area contributed by atoms with E-state index in [0.717, 1.165) is 0 Å². The molecule has 1 heterocycles. The average molecular weight is 237 g/mol. The molecule has 1 fully saturated rings. The number of carbonyl (C=O) groups is 2. The molecule has 0 aromatic heterocycles. The fraction of sp³-hybridized carbons (Fsp3) is 0.273. The van der Waals surface area contributed by atoms with Crippen LogP contribution in [-0.2, 0) is 14.3 Å². The van der Waals surface area contributed by atoms with Crippen molar-refractivity contribution in [2.75, 3.05) is 26.0 Å². The Hall–Kier alpha value is -2.08. The topological polar surface area (TPSA) is 68.1 Å². The lowest BCUT2D eigenvalue weighted by atomic mass is 10.1. The average Bonchev–Trinajstić information content (AvgIpc) is 3.20. The highest BCUT2D eigenvalue weighted by molar-refractivity contribution is 5.97. The van der Waals surface area contributed by atoms with Crippen LogP contribution in [0.4, 0.5) is 5.69 Å². The quantitative estimate of drug-likeness (QED) is 0.576. The van der Waals surface area contributed by atoms with Crippen molar-refractivity contribution in [2.45, 2.75) is 0 Å². The van der Waals surface area contributed by atoms with Gasteiger partial charge in [0.05, 0.1) is 31.0 Å². The van der Waals surface area contributed by atoms with Gasteiger partial charge in [-0.3, -0.25) is 0 Å². The van der Waals surface area contributed by atoms with Gasteiger partial charge in [0.15, 0.2) is 6.73 Å². The van der Waals surface area contributed by atoms with E-state index in [4.69, 9.17) is 4.84 Å². The molecule has 1 aliphatic heterocycles. The number of ether oxygens (including phenoxy) is 2. The number of hydrogen-bond acceptors (Lipinski definition) is 6. The number of esters is 2. The number of benzene rings is 1. The number of methoxy groups -OCH3 is 2. The summed E-state index contributed by atoms with van der Waals surface area (Å²) in [6.45, 7) is 0.436. The lowest BCUT2D eigenvalue weighted by molar-refractivity contribution is 0.0599. The van der Waals surface area contributed by atoms with Crippen molar-refractivity contribution in [1.29, 1.82) is 0 Å². The summed E-state index contributed by atoms with van der Waals surface area (Å²) in [5, 5.41) is 1.54. The summed E-state index contributed by atoms with van der Waals surface area (Å²) < 4.78 is 9.22. The molecule has 0 N–H and O–H groups in total. The Morgan fingerprint density at radius 3 is 1.94 bits per heavy atom. The van der Waals surface area contributed by atoms with E-state index in [9.17, 15) is 9.59 Å². The Bertz CT molecular complexity index is 433. The van der Waals surface area contributed by atoms with E-state index in [2.05, 4.69) is 9.47 Å². The summed E-state index contributed by atoms with van der Waals surface area (Å²) in [6, 6.07) is 4.60. The molecule has 1 saturated heterocycles. The Kier molecular flexibility index (Phi) is 2.97. The Morgan fingerprint density at radius 1 is 1.12 bits per heavy atom. The standard InChI is InChI=1S/C11H11NO5/c1-15-10(13)7-3-8(11(14)16-2)5-9(4-7)12-6-17-12/h3-5H,6H2,1-2H3. The van der Waals surface area contributed by atoms with Crippen molar-refractivity contribution in [3.05, 3.63) is 29.3 Å². The molecule has 1 aromatic rings. The molecule has 6 heteroatoms. The Balaban J connectivity index is 2.41. The molecule has 0 unspecified atom stereocenters. The summed E-state index contributed by atoms with van der Waals surface area (Å²) in [4.78, 5) is 27.8. The van der Waals surface area contributed by atoms with Crippen molar-refractivity contribution >= 4 is 17.6 Å². The minimum Gasteiger partial charge on any atom is -0.465 e. The van der Waals surface area contributed by atoms with Crippen molar-refractivity contribution in [1.82, 2.24) is 0 Å². The first-order chi connectivity index (χ1) is 8.15. The summed E-state index contributed by atoms with van der Waals surface area (Å²) in [5.74, 6) is -1.03. The second-order valence-corrected chi connectivity index (χ2v) is 3.39. The van der Waals surface area contributed by atoms with E-state index in [1.54, 1.807) is 17.2 Å². The maximum atomic E-state index is 11.4. The molecule has 0 spiro atoms. The van der Waals surface area contributed by atoms with E-state index in [-0.39, 0.29) is 11.1 Å². The van der Waals surface area contributed by atoms with Crippen LogP contribution in [0.3, 0.4) is 0 Å². The summed E-state index contributed by atoms with van der Waals surface area (Å²) in [7, 11) is 2.56. The van der Waals surface area contributed by atoms with Gasteiger partial charge < -0.3 is 9.47 Å². The van der Waals surface area contributed by atoms with Crippen LogP contribution in [0.15, 0.2) is 18.2 Å². The molecule has 90 valence electrons. The van der Waals surface area contributed by atoms with Gasteiger partial charge in [-0.1, -0.05) is 0 Å². The van der Waals surface area contributed by atoms with E-state index < -0.39 is 11.9 Å². The van der Waals surface area contributed by atoms with Crippen LogP contribution in [0.2, 0.25) is 0 Å². The molecule has 0 atom stereocenters. The molecule has 1 aromatic carbocycles. The van der Waals surface area contributed by atoms with Crippen molar-refractivity contribution < 1.29 is 23.9 Å². The Labute approximate surface area is 97.6 Å². The zero-order valence-corrected chi connectivity index (χ0v) is 9.43. The first kappa shape index (κ1) is 11.4. The second-order valence-electron chi connectivity index (χ2n) is 3.39. The van der Waals surface area contributed by atoms with Gasteiger partial charge in [0.2, 0.25) is 0 Å². The summed E-state index contributed by atoms with van der Waals surface area (Å²) in [6.07, 6.45) is 0. The van der Waals surface area contributed by atoms with E-state index in [1.165, 1.54) is 20.3 Å². The predicted molar refractivity (Wildman–Crippen MR) is 57.6 cm³/mol. The fourth-order valence-corrected chi connectivity index (χ4v) is 1.40. The normalized spacial score (nSPS) is 13.2. The Morgan fingerprint density at radius 2 is 1.59 bits per heavy atom. The first-order valence-corrected chi connectivity index (χ1v) is 4.88. The van der Waals surface area contributed by atoms with Crippen molar-refractivity contribution in [3.63, 3.8) is 0 Å². The van der Waals surface area contributed by atoms with Crippen LogP contribution in [0, 0.1) is 0 Å². The van der Waals surface area contributed by atoms with E-state index in [1.807, 2.05) is 0 Å². The van der Waals surface area contributed by atoms with Gasteiger partial charge in [-0.25, -0.2) is 19.5 Å². The van der Waals surface area contributed by atoms with Crippen LogP contribution in [0.1, 0.15) is 20.7 Å². The zero-order chi connectivity index (χ0) is 12.4. The molecule has 17 heavy (non-hydrogen) atoms. The number of hydrogen-bond donors (Lipinski definition) is 0. The number of hydroxylamine groups is 1. The highest BCUT2D eigenvalue weighted by Crippen LogP contribution is 2.26. The molecule has 2 rings (SSSR count). The SMILES string of the molecule is COC(=O)c1cc(C(=O)OC)cc(N2CO2)c1. The number of carbonyl (C=O) groups excluding carboxylic acids is 2. The van der Waals surface area contributed by atoms with Crippen molar-refractivity contribution in [2.24, 2.45) is 0 Å². The van der Waals surface area contributed by atoms with Gasteiger partial charge in [0, 0.05) is 0 Å². The van der Waals surface area contributed by atoms with Gasteiger partial charge in [-0.05, 0) is 18.2 Å². The molecule has 0 saturated carbocycles. The molecule has 6 nitrogen and oxygen atoms in total. The lowest BCUT2D eigenvalue weighted by Crippen LogP contribution is -2.08. The van der Waals surface area contributed by atoms with E-state index >= 15 is 0 Å². The van der Waals surface area contributed by atoms with Crippen LogP contribution >= 0.6 is 0 Å². The number of nitrogens with zero attached hydrogens (tertiary/aromatic N) is 1. The molecule has 1 aliphatic rings. The highest BCUT2D eigenvalue weighted by atomic mass is 16.8. The maximum Gasteiger partial charge on any atom is 0.337 e. The molecular formula is C11H11NO5. The minimum atomic E-state index is -0.515. The van der Waals surface area contributed by atoms with Crippen LogP contribution in [0.5, 0.6) is 0 Å². The molecular weight excluding hydrogens is 226 g/mol. The zero-order valence-electron chi connectivity index (χ0n) is 9.43. The van der Waals surface area contributed by atoms with Crippen LogP contribution in [0.25, 0.3) is 0 Å². The molecule has 0 amide bonds. The van der Waals surface area contributed by atoms with Gasteiger partial charge in [-0.2, -0.15) is 0 Å². The summed E-state index contributed by atoms with van der Waals surface area (Å²) in [5.41, 5.74) is 1.18. The van der Waals surface area contributed by atoms with Crippen LogP contribution in [-0.4, -0.2) is 32.9 Å². The van der Waals surface area contributed by atoms with Crippen molar-refractivity contribution in [3.8, 4) is 0 Å². The van der Waals surface area contributed by atoms with Crippen LogP contribution < -0.4 is 5.06 Å². The first-order valence-electron chi connectivity index (χ1n) is 4.88. The smallest absolute Gasteiger partial charge is 0.337 e. The summed E-state index contributed by atoms with van der Waals surface area (Å²) >= 11 is 0. The van der Waals surface area contributed by atoms with Gasteiger partial charge in [0.1, 0.15) is 0 Å². The predicted octanol–water partition coefficient (Wildman–Crippen LogP) is 0.969. The second kappa shape index (κ2) is 4.42. The molecule has 0 aliphatic carbocycles. The van der Waals surface area contributed by atoms with Gasteiger partial charge >= 0.3 is 11.9 Å². The monoisotopic (exact) mass is 237 g/mol. The lowest BCUT2D eigenvalue weighted by Gasteiger charge is -2.06. The third-order valence-corrected chi connectivity index (χ3v) is 2.31. The van der Waals surface area contributed by atoms with Gasteiger partial charge in [-0.15, -0.1) is 0 Å². The van der Waals surface area contributed by atoms with E-state index in [0.29, 0.717) is 12.4 Å². The number of rotatable bonds is 3. The van der Waals surface area contributed by atoms with Gasteiger partial charge in [0.25, 0.3) is 0 Å². The maximum absolute atomic E-state index is 11.4. The fourth-order valence-electron chi connectivity index (χ4n) is 1.40. The molecule has 0 bridgehead atoms. The third kappa shape index (κ3) is 2.36. The largest absolute Gasteiger partial charge is 0.465 e. The third-order valence-electron chi connectivity index (χ3n) is 2.31. The molecule has 0 radical (unpaired) electrons. The minimum absolute atomic E-state index is 0.279. The highest BCUT2D eigenvalue weighted by Gasteiger charge is 2.23. The number of anilines is 1.